The van der Waals surface area contributed by atoms with E-state index in [2.05, 4.69) is 5.32 Å². The van der Waals surface area contributed by atoms with Crippen molar-refractivity contribution in [1.29, 1.82) is 0 Å². The maximum absolute atomic E-state index is 12.8. The summed E-state index contributed by atoms with van der Waals surface area (Å²) in [5.41, 5.74) is 0.818. The molecule has 0 spiro atoms. The molecule has 22 heavy (non-hydrogen) atoms. The van der Waals surface area contributed by atoms with Gasteiger partial charge in [0.15, 0.2) is 0 Å². The third kappa shape index (κ3) is 5.12. The number of halogens is 1. The topological polar surface area (TPSA) is 49.3 Å². The number of thiophene rings is 1. The third-order valence-electron chi connectivity index (χ3n) is 3.16. The summed E-state index contributed by atoms with van der Waals surface area (Å²) in [7, 11) is 0. The van der Waals surface area contributed by atoms with Gasteiger partial charge < -0.3 is 10.4 Å². The van der Waals surface area contributed by atoms with Gasteiger partial charge in [0.1, 0.15) is 5.82 Å². The molecule has 0 fully saturated rings. The van der Waals surface area contributed by atoms with Gasteiger partial charge in [-0.05, 0) is 46.7 Å². The number of hydrogen-bond acceptors (Lipinski definition) is 4. The molecule has 1 amide bonds. The molecule has 0 aliphatic carbocycles. The van der Waals surface area contributed by atoms with E-state index in [-0.39, 0.29) is 24.2 Å². The SMILES string of the molecule is CC(CSc1ccc(F)cc1)C(=O)NCC(O)c1ccsc1. The van der Waals surface area contributed by atoms with Gasteiger partial charge in [-0.1, -0.05) is 6.92 Å². The van der Waals surface area contributed by atoms with Crippen molar-refractivity contribution < 1.29 is 14.3 Å². The zero-order chi connectivity index (χ0) is 15.9. The molecule has 1 aromatic heterocycles. The minimum absolute atomic E-state index is 0.0936. The number of carbonyl (C=O) groups is 1. The molecule has 0 radical (unpaired) electrons. The van der Waals surface area contributed by atoms with Crippen LogP contribution in [0.2, 0.25) is 0 Å². The molecule has 1 heterocycles. The van der Waals surface area contributed by atoms with E-state index in [1.807, 2.05) is 23.8 Å². The predicted octanol–water partition coefficient (Wildman–Crippen LogP) is 3.47. The quantitative estimate of drug-likeness (QED) is 0.760. The summed E-state index contributed by atoms with van der Waals surface area (Å²) < 4.78 is 12.8. The van der Waals surface area contributed by atoms with Crippen molar-refractivity contribution in [1.82, 2.24) is 5.32 Å². The molecule has 0 saturated heterocycles. The Hall–Kier alpha value is -1.37. The van der Waals surface area contributed by atoms with Crippen LogP contribution < -0.4 is 5.32 Å². The number of benzene rings is 1. The zero-order valence-corrected chi connectivity index (χ0v) is 13.8. The molecular weight excluding hydrogens is 321 g/mol. The maximum atomic E-state index is 12.8. The molecule has 2 aromatic rings. The lowest BCUT2D eigenvalue weighted by Gasteiger charge is -2.14. The highest BCUT2D eigenvalue weighted by Gasteiger charge is 2.15. The lowest BCUT2D eigenvalue weighted by Crippen LogP contribution is -2.33. The van der Waals surface area contributed by atoms with Crippen LogP contribution in [0.15, 0.2) is 46.0 Å². The minimum atomic E-state index is -0.674. The van der Waals surface area contributed by atoms with E-state index in [0.717, 1.165) is 10.5 Å². The number of amides is 1. The number of carbonyl (C=O) groups excluding carboxylic acids is 1. The Morgan fingerprint density at radius 1 is 1.36 bits per heavy atom. The van der Waals surface area contributed by atoms with Crippen molar-refractivity contribution in [2.75, 3.05) is 12.3 Å². The number of nitrogens with one attached hydrogen (secondary N) is 1. The molecule has 6 heteroatoms. The van der Waals surface area contributed by atoms with E-state index >= 15 is 0 Å². The zero-order valence-electron chi connectivity index (χ0n) is 12.2. The largest absolute Gasteiger partial charge is 0.387 e. The molecule has 118 valence electrons. The summed E-state index contributed by atoms with van der Waals surface area (Å²) in [6, 6.07) is 8.06. The van der Waals surface area contributed by atoms with E-state index < -0.39 is 6.10 Å². The second-order valence-electron chi connectivity index (χ2n) is 4.98. The maximum Gasteiger partial charge on any atom is 0.223 e. The number of aliphatic hydroxyl groups excluding tert-OH is 1. The van der Waals surface area contributed by atoms with Crippen LogP contribution >= 0.6 is 23.1 Å². The van der Waals surface area contributed by atoms with Crippen molar-refractivity contribution >= 4 is 29.0 Å². The Morgan fingerprint density at radius 2 is 2.09 bits per heavy atom. The van der Waals surface area contributed by atoms with Gasteiger partial charge in [-0.2, -0.15) is 11.3 Å². The summed E-state index contributed by atoms with van der Waals surface area (Å²) in [4.78, 5) is 12.9. The van der Waals surface area contributed by atoms with Crippen LogP contribution in [0.1, 0.15) is 18.6 Å². The molecule has 2 unspecified atom stereocenters. The molecule has 3 nitrogen and oxygen atoms in total. The van der Waals surface area contributed by atoms with Gasteiger partial charge in [-0.25, -0.2) is 4.39 Å². The molecule has 2 rings (SSSR count). The minimum Gasteiger partial charge on any atom is -0.387 e. The average Bonchev–Trinajstić information content (AvgIpc) is 3.06. The van der Waals surface area contributed by atoms with Gasteiger partial charge in [-0.15, -0.1) is 11.8 Å². The molecule has 0 saturated carbocycles. The molecule has 0 bridgehead atoms. The second-order valence-corrected chi connectivity index (χ2v) is 6.86. The van der Waals surface area contributed by atoms with Crippen LogP contribution in [-0.2, 0) is 4.79 Å². The number of rotatable bonds is 7. The third-order valence-corrected chi connectivity index (χ3v) is 5.13. The summed E-state index contributed by atoms with van der Waals surface area (Å²) >= 11 is 3.02. The molecular formula is C16H18FNO2S2. The van der Waals surface area contributed by atoms with Gasteiger partial charge in [0, 0.05) is 23.1 Å². The van der Waals surface area contributed by atoms with Crippen LogP contribution in [0, 0.1) is 11.7 Å². The van der Waals surface area contributed by atoms with Crippen LogP contribution in [0.5, 0.6) is 0 Å². The predicted molar refractivity (Wildman–Crippen MR) is 88.6 cm³/mol. The molecule has 2 N–H and O–H groups in total. The van der Waals surface area contributed by atoms with E-state index in [4.69, 9.17) is 0 Å². The van der Waals surface area contributed by atoms with Gasteiger partial charge in [-0.3, -0.25) is 4.79 Å². The van der Waals surface area contributed by atoms with Gasteiger partial charge in [0.05, 0.1) is 6.10 Å². The first-order chi connectivity index (χ1) is 10.6. The monoisotopic (exact) mass is 339 g/mol. The summed E-state index contributed by atoms with van der Waals surface area (Å²) in [5, 5.41) is 16.4. The lowest BCUT2D eigenvalue weighted by atomic mass is 10.1. The summed E-state index contributed by atoms with van der Waals surface area (Å²) in [5.74, 6) is 0.0534. The Labute approximate surface area is 137 Å². The Bertz CT molecular complexity index is 587. The van der Waals surface area contributed by atoms with Crippen LogP contribution in [0.3, 0.4) is 0 Å². The van der Waals surface area contributed by atoms with E-state index in [0.29, 0.717) is 5.75 Å². The molecule has 0 aliphatic heterocycles. The first kappa shape index (κ1) is 17.0. The summed E-state index contributed by atoms with van der Waals surface area (Å²) in [6.07, 6.45) is -0.674. The van der Waals surface area contributed by atoms with Crippen molar-refractivity contribution in [2.24, 2.45) is 5.92 Å². The van der Waals surface area contributed by atoms with Crippen molar-refractivity contribution in [3.05, 3.63) is 52.5 Å². The number of hydrogen-bond donors (Lipinski definition) is 2. The lowest BCUT2D eigenvalue weighted by molar-refractivity contribution is -0.124. The van der Waals surface area contributed by atoms with Gasteiger partial charge >= 0.3 is 0 Å². The first-order valence-corrected chi connectivity index (χ1v) is 8.85. The fraction of sp³-hybridized carbons (Fsp3) is 0.312. The van der Waals surface area contributed by atoms with Crippen molar-refractivity contribution in [2.45, 2.75) is 17.9 Å². The van der Waals surface area contributed by atoms with Crippen LogP contribution in [-0.4, -0.2) is 23.3 Å². The second kappa shape index (κ2) is 8.31. The van der Waals surface area contributed by atoms with E-state index in [1.54, 1.807) is 12.1 Å². The van der Waals surface area contributed by atoms with E-state index in [1.165, 1.54) is 35.2 Å². The smallest absolute Gasteiger partial charge is 0.223 e. The number of thioether (sulfide) groups is 1. The Morgan fingerprint density at radius 3 is 2.73 bits per heavy atom. The van der Waals surface area contributed by atoms with E-state index in [9.17, 15) is 14.3 Å². The van der Waals surface area contributed by atoms with Crippen LogP contribution in [0.4, 0.5) is 4.39 Å². The summed E-state index contributed by atoms with van der Waals surface area (Å²) in [6.45, 7) is 2.05. The highest BCUT2D eigenvalue weighted by atomic mass is 32.2. The fourth-order valence-electron chi connectivity index (χ4n) is 1.78. The Kier molecular flexibility index (Phi) is 6.42. The highest BCUT2D eigenvalue weighted by molar-refractivity contribution is 7.99. The molecule has 1 aromatic carbocycles. The van der Waals surface area contributed by atoms with Crippen molar-refractivity contribution in [3.63, 3.8) is 0 Å². The Balaban J connectivity index is 1.73. The fourth-order valence-corrected chi connectivity index (χ4v) is 3.41. The van der Waals surface area contributed by atoms with Gasteiger partial charge in [0.25, 0.3) is 0 Å². The normalized spacial score (nSPS) is 13.6. The first-order valence-electron chi connectivity index (χ1n) is 6.92. The van der Waals surface area contributed by atoms with Gasteiger partial charge in [0.2, 0.25) is 5.91 Å². The molecule has 2 atom stereocenters. The highest BCUT2D eigenvalue weighted by Crippen LogP contribution is 2.21. The average molecular weight is 339 g/mol. The molecule has 0 aliphatic rings. The van der Waals surface area contributed by atoms with Crippen LogP contribution in [0.25, 0.3) is 0 Å². The number of aliphatic hydroxyl groups is 1. The standard InChI is InChI=1S/C16H18FNO2S2/c1-11(9-22-14-4-2-13(17)3-5-14)16(20)18-8-15(19)12-6-7-21-10-12/h2-7,10-11,15,19H,8-9H2,1H3,(H,18,20). The van der Waals surface area contributed by atoms with Crippen molar-refractivity contribution in [3.8, 4) is 0 Å².